The highest BCUT2D eigenvalue weighted by atomic mass is 16.3. The van der Waals surface area contributed by atoms with E-state index in [-0.39, 0.29) is 25.1 Å². The second kappa shape index (κ2) is 5.15. The number of hydrogen-bond donors (Lipinski definition) is 4. The number of nitrogens with two attached hydrogens (primary N) is 1. The molecule has 8 heteroatoms. The second-order valence-corrected chi connectivity index (χ2v) is 4.09. The average Bonchev–Trinajstić information content (AvgIpc) is 2.74. The largest absolute Gasteiger partial charge is 0.396 e. The number of anilines is 1. The van der Waals surface area contributed by atoms with Crippen LogP contribution in [0, 0.1) is 5.92 Å². The van der Waals surface area contributed by atoms with E-state index in [4.69, 9.17) is 15.9 Å². The van der Waals surface area contributed by atoms with Crippen LogP contribution in [0.2, 0.25) is 0 Å². The highest BCUT2D eigenvalue weighted by Crippen LogP contribution is 2.12. The van der Waals surface area contributed by atoms with Crippen molar-refractivity contribution in [2.45, 2.75) is 12.8 Å². The van der Waals surface area contributed by atoms with Gasteiger partial charge in [0.2, 0.25) is 5.95 Å². The lowest BCUT2D eigenvalue weighted by atomic mass is 10.0. The van der Waals surface area contributed by atoms with Crippen molar-refractivity contribution < 1.29 is 10.2 Å². The van der Waals surface area contributed by atoms with Crippen LogP contribution in [0.3, 0.4) is 0 Å². The molecule has 5 N–H and O–H groups in total. The summed E-state index contributed by atoms with van der Waals surface area (Å²) in [5.74, 6) is -0.243. The summed E-state index contributed by atoms with van der Waals surface area (Å²) in [7, 11) is 0. The topological polar surface area (TPSA) is 130 Å². The predicted octanol–water partition coefficient (Wildman–Crippen LogP) is -1.47. The molecule has 0 bridgehead atoms. The Labute approximate surface area is 102 Å². The zero-order chi connectivity index (χ0) is 13.1. The van der Waals surface area contributed by atoms with Crippen molar-refractivity contribution >= 4 is 11.6 Å². The van der Waals surface area contributed by atoms with Crippen LogP contribution in [0.5, 0.6) is 0 Å². The smallest absolute Gasteiger partial charge is 0.371 e. The van der Waals surface area contributed by atoms with Crippen molar-refractivity contribution in [3.63, 3.8) is 0 Å². The van der Waals surface area contributed by atoms with Gasteiger partial charge < -0.3 is 15.9 Å². The number of aryl methyl sites for hydroxylation is 1. The van der Waals surface area contributed by atoms with Gasteiger partial charge in [0.1, 0.15) is 0 Å². The molecule has 2 aromatic heterocycles. The lowest BCUT2D eigenvalue weighted by Crippen LogP contribution is -2.20. The van der Waals surface area contributed by atoms with Crippen LogP contribution in [0.4, 0.5) is 5.95 Å². The third-order valence-corrected chi connectivity index (χ3v) is 2.83. The SMILES string of the molecule is Nc1nc(=O)n2[nH]cc(CCC(CO)CO)c2n1. The number of aromatic nitrogens is 4. The molecular formula is C10H15N5O3. The van der Waals surface area contributed by atoms with E-state index in [0.29, 0.717) is 18.5 Å². The molecule has 0 unspecified atom stereocenters. The minimum atomic E-state index is -0.510. The zero-order valence-corrected chi connectivity index (χ0v) is 9.70. The Morgan fingerprint density at radius 3 is 2.78 bits per heavy atom. The molecular weight excluding hydrogens is 238 g/mol. The number of aromatic amines is 1. The summed E-state index contributed by atoms with van der Waals surface area (Å²) >= 11 is 0. The number of aliphatic hydroxyl groups is 2. The molecule has 98 valence electrons. The first-order chi connectivity index (χ1) is 8.65. The highest BCUT2D eigenvalue weighted by Gasteiger charge is 2.11. The van der Waals surface area contributed by atoms with Crippen molar-refractivity contribution in [1.82, 2.24) is 19.6 Å². The van der Waals surface area contributed by atoms with Gasteiger partial charge in [-0.15, -0.1) is 0 Å². The molecule has 2 aromatic rings. The Morgan fingerprint density at radius 1 is 1.39 bits per heavy atom. The van der Waals surface area contributed by atoms with Crippen LogP contribution >= 0.6 is 0 Å². The number of hydrogen-bond acceptors (Lipinski definition) is 6. The highest BCUT2D eigenvalue weighted by molar-refractivity contribution is 5.47. The molecule has 0 aliphatic rings. The third kappa shape index (κ3) is 2.34. The Kier molecular flexibility index (Phi) is 3.58. The van der Waals surface area contributed by atoms with Gasteiger partial charge in [-0.05, 0) is 12.8 Å². The Balaban J connectivity index is 2.27. The molecule has 2 heterocycles. The summed E-state index contributed by atoms with van der Waals surface area (Å²) in [5, 5.41) is 20.7. The van der Waals surface area contributed by atoms with Crippen molar-refractivity contribution in [3.8, 4) is 0 Å². The molecule has 0 aromatic carbocycles. The lowest BCUT2D eigenvalue weighted by Gasteiger charge is -2.09. The van der Waals surface area contributed by atoms with Gasteiger partial charge in [0.25, 0.3) is 0 Å². The van der Waals surface area contributed by atoms with E-state index in [2.05, 4.69) is 15.1 Å². The fourth-order valence-electron chi connectivity index (χ4n) is 1.74. The first-order valence-corrected chi connectivity index (χ1v) is 5.60. The molecule has 2 rings (SSSR count). The van der Waals surface area contributed by atoms with E-state index in [1.165, 1.54) is 4.52 Å². The second-order valence-electron chi connectivity index (χ2n) is 4.09. The lowest BCUT2D eigenvalue weighted by molar-refractivity contribution is 0.144. The maximum atomic E-state index is 11.5. The standard InChI is InChI=1S/C10H15N5O3/c11-9-13-8-7(2-1-6(4-16)5-17)3-12-15(8)10(18)14-9/h3,6,12,16-17H,1-2,4-5H2,(H2,11,14,18). The number of rotatable bonds is 5. The van der Waals surface area contributed by atoms with Gasteiger partial charge in [0.05, 0.1) is 0 Å². The summed E-state index contributed by atoms with van der Waals surface area (Å²) in [6.45, 7) is -0.147. The van der Waals surface area contributed by atoms with Crippen LogP contribution < -0.4 is 11.4 Å². The Bertz CT molecular complexity index is 587. The molecule has 0 aliphatic carbocycles. The molecule has 8 nitrogen and oxygen atoms in total. The monoisotopic (exact) mass is 253 g/mol. The van der Waals surface area contributed by atoms with Gasteiger partial charge in [0, 0.05) is 30.9 Å². The summed E-state index contributed by atoms with van der Waals surface area (Å²) in [4.78, 5) is 19.0. The van der Waals surface area contributed by atoms with Crippen molar-refractivity contribution in [2.24, 2.45) is 5.92 Å². The van der Waals surface area contributed by atoms with Crippen LogP contribution in [-0.2, 0) is 6.42 Å². The minimum Gasteiger partial charge on any atom is -0.396 e. The van der Waals surface area contributed by atoms with Crippen molar-refractivity contribution in [3.05, 3.63) is 22.2 Å². The van der Waals surface area contributed by atoms with Gasteiger partial charge >= 0.3 is 5.69 Å². The van der Waals surface area contributed by atoms with Gasteiger partial charge in [-0.3, -0.25) is 5.10 Å². The Morgan fingerprint density at radius 2 is 2.11 bits per heavy atom. The number of nitrogen functional groups attached to an aromatic ring is 1. The van der Waals surface area contributed by atoms with Crippen LogP contribution in [0.25, 0.3) is 5.65 Å². The van der Waals surface area contributed by atoms with Gasteiger partial charge in [-0.1, -0.05) is 0 Å². The number of H-pyrrole nitrogens is 1. The number of aliphatic hydroxyl groups excluding tert-OH is 2. The maximum absolute atomic E-state index is 11.5. The summed E-state index contributed by atoms with van der Waals surface area (Å²) in [5.41, 5.74) is 6.15. The van der Waals surface area contributed by atoms with E-state index in [1.54, 1.807) is 6.20 Å². The first-order valence-electron chi connectivity index (χ1n) is 5.60. The molecule has 0 spiro atoms. The number of nitrogens with zero attached hydrogens (tertiary/aromatic N) is 3. The summed E-state index contributed by atoms with van der Waals surface area (Å²) in [6, 6.07) is 0. The van der Waals surface area contributed by atoms with Crippen LogP contribution in [-0.4, -0.2) is 43.0 Å². The van der Waals surface area contributed by atoms with Gasteiger partial charge in [-0.25, -0.2) is 4.79 Å². The quantitative estimate of drug-likeness (QED) is 0.515. The van der Waals surface area contributed by atoms with E-state index in [0.717, 1.165) is 5.56 Å². The maximum Gasteiger partial charge on any atom is 0.371 e. The van der Waals surface area contributed by atoms with Gasteiger partial charge in [0.15, 0.2) is 5.65 Å². The van der Waals surface area contributed by atoms with E-state index < -0.39 is 5.69 Å². The van der Waals surface area contributed by atoms with Crippen LogP contribution in [0.15, 0.2) is 11.0 Å². The van der Waals surface area contributed by atoms with Crippen LogP contribution in [0.1, 0.15) is 12.0 Å². The summed E-state index contributed by atoms with van der Waals surface area (Å²) < 4.78 is 1.21. The normalized spacial score (nSPS) is 11.5. The molecule has 0 aliphatic heterocycles. The van der Waals surface area contributed by atoms with Crippen molar-refractivity contribution in [1.29, 1.82) is 0 Å². The van der Waals surface area contributed by atoms with E-state index in [9.17, 15) is 4.79 Å². The molecule has 0 saturated carbocycles. The minimum absolute atomic E-state index is 0.0679. The average molecular weight is 253 g/mol. The van der Waals surface area contributed by atoms with E-state index in [1.807, 2.05) is 0 Å². The molecule has 0 atom stereocenters. The third-order valence-electron chi connectivity index (χ3n) is 2.83. The molecule has 0 radical (unpaired) electrons. The fraction of sp³-hybridized carbons (Fsp3) is 0.500. The summed E-state index contributed by atoms with van der Waals surface area (Å²) in [6.07, 6.45) is 2.82. The molecule has 0 saturated heterocycles. The molecule has 0 amide bonds. The number of fused-ring (bicyclic) bond motifs is 1. The van der Waals surface area contributed by atoms with Gasteiger partial charge in [-0.2, -0.15) is 14.5 Å². The molecule has 0 fully saturated rings. The Hall–Kier alpha value is -1.93. The molecule has 18 heavy (non-hydrogen) atoms. The zero-order valence-electron chi connectivity index (χ0n) is 9.70. The number of nitrogens with one attached hydrogen (secondary N) is 1. The fourth-order valence-corrected chi connectivity index (χ4v) is 1.74. The van der Waals surface area contributed by atoms with Crippen molar-refractivity contribution in [2.75, 3.05) is 18.9 Å². The predicted molar refractivity (Wildman–Crippen MR) is 64.0 cm³/mol. The first kappa shape index (κ1) is 12.5. The van der Waals surface area contributed by atoms with E-state index >= 15 is 0 Å².